The smallest absolute Gasteiger partial charge is 0.321 e. The van der Waals surface area contributed by atoms with E-state index in [1.807, 2.05) is 12.2 Å². The lowest BCUT2D eigenvalue weighted by atomic mass is 9.80. The van der Waals surface area contributed by atoms with Crippen molar-refractivity contribution >= 4 is 24.8 Å². The lowest BCUT2D eigenvalue weighted by Crippen LogP contribution is -2.57. The molecule has 0 radical (unpaired) electrons. The topological polar surface area (TPSA) is 135 Å². The van der Waals surface area contributed by atoms with Crippen molar-refractivity contribution in [2.75, 3.05) is 0 Å². The Hall–Kier alpha value is -2.88. The molecule has 0 aromatic heterocycles. The predicted molar refractivity (Wildman–Crippen MR) is 98.3 cm³/mol. The van der Waals surface area contributed by atoms with E-state index >= 15 is 0 Å². The molecule has 154 valence electrons. The Labute approximate surface area is 163 Å². The van der Waals surface area contributed by atoms with E-state index in [0.29, 0.717) is 18.7 Å². The third-order valence-corrected chi connectivity index (χ3v) is 4.91. The maximum atomic E-state index is 11.8. The molecule has 0 bridgehead atoms. The highest BCUT2D eigenvalue weighted by Gasteiger charge is 2.48. The first kappa shape index (κ1) is 21.4. The minimum atomic E-state index is -0.673. The van der Waals surface area contributed by atoms with Crippen LogP contribution >= 0.6 is 0 Å². The summed E-state index contributed by atoms with van der Waals surface area (Å²) in [4.78, 5) is 44.1. The summed E-state index contributed by atoms with van der Waals surface area (Å²) in [6.45, 7) is 7.33. The molecular formula is C18H26N4O6. The Morgan fingerprint density at radius 3 is 2.57 bits per heavy atom. The third-order valence-electron chi connectivity index (χ3n) is 4.91. The molecule has 0 aromatic carbocycles. The molecule has 28 heavy (non-hydrogen) atoms. The number of carbonyl (C=O) groups excluding carboxylic acids is 4. The fraction of sp³-hybridized carbons (Fsp3) is 0.556. The number of hydrogen-bond acceptors (Lipinski definition) is 7. The van der Waals surface area contributed by atoms with Crippen LogP contribution in [-0.4, -0.2) is 49.2 Å². The second-order valence-corrected chi connectivity index (χ2v) is 6.89. The number of carbonyl (C=O) groups is 4. The van der Waals surface area contributed by atoms with Gasteiger partial charge in [-0.25, -0.2) is 4.79 Å². The Balaban J connectivity index is 2.05. The van der Waals surface area contributed by atoms with Gasteiger partial charge in [-0.3, -0.25) is 19.7 Å². The highest BCUT2D eigenvalue weighted by Crippen LogP contribution is 2.40. The van der Waals surface area contributed by atoms with E-state index < -0.39 is 18.2 Å². The van der Waals surface area contributed by atoms with Crippen LogP contribution in [0.2, 0.25) is 0 Å². The Morgan fingerprint density at radius 2 is 1.93 bits per heavy atom. The molecule has 2 rings (SSSR count). The third kappa shape index (κ3) is 5.56. The molecule has 1 aliphatic carbocycles. The maximum Gasteiger partial charge on any atom is 0.321 e. The van der Waals surface area contributed by atoms with E-state index in [4.69, 9.17) is 9.47 Å². The van der Waals surface area contributed by atoms with Crippen LogP contribution in [0.5, 0.6) is 0 Å². The zero-order chi connectivity index (χ0) is 20.7. The van der Waals surface area contributed by atoms with E-state index in [2.05, 4.69) is 22.5 Å². The largest absolute Gasteiger partial charge is 0.462 e. The van der Waals surface area contributed by atoms with Gasteiger partial charge in [0.1, 0.15) is 11.9 Å². The van der Waals surface area contributed by atoms with Gasteiger partial charge in [-0.15, -0.1) is 0 Å². The average molecular weight is 394 g/mol. The summed E-state index contributed by atoms with van der Waals surface area (Å²) < 4.78 is 11.3. The van der Waals surface area contributed by atoms with Gasteiger partial charge in [-0.05, 0) is 37.7 Å². The van der Waals surface area contributed by atoms with E-state index in [1.165, 1.54) is 6.92 Å². The molecule has 1 saturated carbocycles. The van der Waals surface area contributed by atoms with Crippen LogP contribution in [0.3, 0.4) is 0 Å². The van der Waals surface area contributed by atoms with Crippen LogP contribution in [0.1, 0.15) is 33.1 Å². The number of fused-ring (bicyclic) bond motifs is 1. The molecule has 5 unspecified atom stereocenters. The number of amides is 4. The summed E-state index contributed by atoms with van der Waals surface area (Å²) in [7, 11) is 0. The van der Waals surface area contributed by atoms with Gasteiger partial charge in [0.2, 0.25) is 12.3 Å². The molecule has 4 N–H and O–H groups in total. The van der Waals surface area contributed by atoms with Crippen LogP contribution in [0.4, 0.5) is 4.79 Å². The predicted octanol–water partition coefficient (Wildman–Crippen LogP) is 0.0204. The first-order valence-corrected chi connectivity index (χ1v) is 9.00. The lowest BCUT2D eigenvalue weighted by molar-refractivity contribution is -0.140. The van der Waals surface area contributed by atoms with Crippen molar-refractivity contribution in [1.82, 2.24) is 21.3 Å². The first-order chi connectivity index (χ1) is 13.3. The van der Waals surface area contributed by atoms with E-state index in [9.17, 15) is 19.2 Å². The molecule has 1 saturated heterocycles. The van der Waals surface area contributed by atoms with Gasteiger partial charge in [-0.2, -0.15) is 0 Å². The van der Waals surface area contributed by atoms with Crippen LogP contribution < -0.4 is 21.3 Å². The number of imide groups is 1. The number of rotatable bonds is 8. The second kappa shape index (κ2) is 9.88. The summed E-state index contributed by atoms with van der Waals surface area (Å²) in [5.74, 6) is 0.294. The van der Waals surface area contributed by atoms with Crippen molar-refractivity contribution in [3.05, 3.63) is 24.2 Å². The summed E-state index contributed by atoms with van der Waals surface area (Å²) in [6.07, 6.45) is 3.00. The number of urea groups is 1. The Kier molecular flexibility index (Phi) is 7.56. The highest BCUT2D eigenvalue weighted by atomic mass is 16.5. The van der Waals surface area contributed by atoms with Crippen LogP contribution in [-0.2, 0) is 23.9 Å². The molecule has 10 nitrogen and oxygen atoms in total. The molecule has 10 heteroatoms. The second-order valence-electron chi connectivity index (χ2n) is 6.89. The molecule has 0 spiro atoms. The molecule has 1 heterocycles. The molecular weight excluding hydrogens is 368 g/mol. The average Bonchev–Trinajstić information content (AvgIpc) is 3.06. The fourth-order valence-electron chi connectivity index (χ4n) is 3.68. The lowest BCUT2D eigenvalue weighted by Gasteiger charge is -2.38. The van der Waals surface area contributed by atoms with Crippen molar-refractivity contribution in [3.8, 4) is 0 Å². The zero-order valence-corrected chi connectivity index (χ0v) is 15.9. The number of ether oxygens (including phenoxy) is 2. The minimum absolute atomic E-state index is 0.167. The van der Waals surface area contributed by atoms with Crippen molar-refractivity contribution in [1.29, 1.82) is 0 Å². The summed E-state index contributed by atoms with van der Waals surface area (Å²) in [5.41, 5.74) is 0.893. The fourth-order valence-corrected chi connectivity index (χ4v) is 3.68. The quantitative estimate of drug-likeness (QED) is 0.426. The maximum absolute atomic E-state index is 11.8. The summed E-state index contributed by atoms with van der Waals surface area (Å²) >= 11 is 0. The monoisotopic (exact) mass is 394 g/mol. The van der Waals surface area contributed by atoms with Gasteiger partial charge in [-0.1, -0.05) is 6.58 Å². The van der Waals surface area contributed by atoms with E-state index in [-0.39, 0.29) is 30.4 Å². The standard InChI is InChI=1S/C18H26N4O6/c1-10(7-19-11(2)21-12(3)25)15-6-13-4-5-14(27-9-24)16(17(13)28-15)22-18(26)20-8-23/h7-9,13-17,19H,2,4-6H2,1,3H3,(H,21,25)(H2,20,22,23,26)/b10-7+. The van der Waals surface area contributed by atoms with E-state index in [1.54, 1.807) is 6.20 Å². The van der Waals surface area contributed by atoms with Crippen LogP contribution in [0.25, 0.3) is 0 Å². The number of nitrogens with one attached hydrogen (secondary N) is 4. The number of hydrogen-bond donors (Lipinski definition) is 4. The molecule has 2 fully saturated rings. The first-order valence-electron chi connectivity index (χ1n) is 9.00. The van der Waals surface area contributed by atoms with Crippen molar-refractivity contribution in [2.45, 2.75) is 57.5 Å². The SMILES string of the molecule is C=C(N/C=C(\C)C1CC2CCC(OC=O)C(NC(=O)NC=O)C2O1)NC(C)=O. The van der Waals surface area contributed by atoms with Gasteiger partial charge < -0.3 is 25.4 Å². The molecule has 4 amide bonds. The van der Waals surface area contributed by atoms with Crippen LogP contribution in [0, 0.1) is 5.92 Å². The highest BCUT2D eigenvalue weighted by molar-refractivity contribution is 5.84. The van der Waals surface area contributed by atoms with Gasteiger partial charge >= 0.3 is 6.03 Å². The Bertz CT molecular complexity index is 664. The van der Waals surface area contributed by atoms with Gasteiger partial charge in [0, 0.05) is 13.1 Å². The zero-order valence-electron chi connectivity index (χ0n) is 15.9. The van der Waals surface area contributed by atoms with Gasteiger partial charge in [0.05, 0.1) is 18.2 Å². The van der Waals surface area contributed by atoms with Crippen LogP contribution in [0.15, 0.2) is 24.2 Å². The molecule has 2 aliphatic rings. The van der Waals surface area contributed by atoms with Gasteiger partial charge in [0.25, 0.3) is 6.47 Å². The summed E-state index contributed by atoms with van der Waals surface area (Å²) in [6, 6.07) is -1.24. The molecule has 5 atom stereocenters. The Morgan fingerprint density at radius 1 is 1.18 bits per heavy atom. The van der Waals surface area contributed by atoms with Crippen molar-refractivity contribution < 1.29 is 28.7 Å². The minimum Gasteiger partial charge on any atom is -0.462 e. The normalized spacial score (nSPS) is 29.1. The van der Waals surface area contributed by atoms with Gasteiger partial charge in [0.15, 0.2) is 0 Å². The van der Waals surface area contributed by atoms with E-state index in [0.717, 1.165) is 18.4 Å². The van der Waals surface area contributed by atoms with Crippen molar-refractivity contribution in [3.63, 3.8) is 0 Å². The molecule has 1 aliphatic heterocycles. The molecule has 0 aromatic rings. The summed E-state index contributed by atoms with van der Waals surface area (Å²) in [5, 5.41) is 10.1. The van der Waals surface area contributed by atoms with Crippen molar-refractivity contribution in [2.24, 2.45) is 5.92 Å².